The Morgan fingerprint density at radius 3 is 2.53 bits per heavy atom. The minimum absolute atomic E-state index is 0.207. The van der Waals surface area contributed by atoms with Crippen molar-refractivity contribution in [2.24, 2.45) is 5.73 Å². The number of aliphatic hydroxyl groups excluding tert-OH is 4. The lowest BCUT2D eigenvalue weighted by Gasteiger charge is -2.39. The molecule has 0 spiro atoms. The van der Waals surface area contributed by atoms with Crippen molar-refractivity contribution in [3.63, 3.8) is 0 Å². The van der Waals surface area contributed by atoms with Gasteiger partial charge >= 0.3 is 0 Å². The number of rotatable bonds is 10. The van der Waals surface area contributed by atoms with Crippen molar-refractivity contribution in [1.82, 2.24) is 10.2 Å². The van der Waals surface area contributed by atoms with Crippen LogP contribution in [0.3, 0.4) is 0 Å². The van der Waals surface area contributed by atoms with Gasteiger partial charge in [-0.3, -0.25) is 5.10 Å². The van der Waals surface area contributed by atoms with Gasteiger partial charge in [-0.1, -0.05) is 24.3 Å². The SMILES string of the molecule is NCCCOc1ccc(CCc2cccc3[nH]nc(O[C@@H]4O[C@H](CO)[C@@H](O)[C@H](O)[C@H]4O)c23)cc1. The minimum Gasteiger partial charge on any atom is -0.494 e. The van der Waals surface area contributed by atoms with Crippen LogP contribution < -0.4 is 15.2 Å². The van der Waals surface area contributed by atoms with Gasteiger partial charge in [-0.15, -0.1) is 5.10 Å². The number of nitrogens with two attached hydrogens (primary N) is 1. The second-order valence-electron chi connectivity index (χ2n) is 8.32. The summed E-state index contributed by atoms with van der Waals surface area (Å²) in [6, 6.07) is 13.7. The molecule has 7 N–H and O–H groups in total. The molecular weight excluding hydrogens is 442 g/mol. The first-order valence-corrected chi connectivity index (χ1v) is 11.4. The van der Waals surface area contributed by atoms with Gasteiger partial charge in [0.2, 0.25) is 12.2 Å². The van der Waals surface area contributed by atoms with Gasteiger partial charge in [0.1, 0.15) is 30.2 Å². The highest BCUT2D eigenvalue weighted by molar-refractivity contribution is 5.87. The zero-order valence-electron chi connectivity index (χ0n) is 18.7. The Morgan fingerprint density at radius 1 is 1.00 bits per heavy atom. The van der Waals surface area contributed by atoms with Crippen LogP contribution in [-0.4, -0.2) is 81.1 Å². The maximum atomic E-state index is 10.3. The average Bonchev–Trinajstić information content (AvgIpc) is 3.27. The number of nitrogens with one attached hydrogen (secondary N) is 1. The lowest BCUT2D eigenvalue weighted by atomic mass is 9.99. The highest BCUT2D eigenvalue weighted by Crippen LogP contribution is 2.31. The second kappa shape index (κ2) is 11.1. The summed E-state index contributed by atoms with van der Waals surface area (Å²) >= 11 is 0. The van der Waals surface area contributed by atoms with Crippen LogP contribution in [0, 0.1) is 0 Å². The molecule has 10 heteroatoms. The average molecular weight is 474 g/mol. The number of aryl methyl sites for hydroxylation is 2. The van der Waals surface area contributed by atoms with Crippen LogP contribution in [0.2, 0.25) is 0 Å². The van der Waals surface area contributed by atoms with Crippen LogP contribution in [0.5, 0.6) is 11.6 Å². The molecule has 0 amide bonds. The number of aromatic amines is 1. The number of hydrogen-bond donors (Lipinski definition) is 6. The molecule has 0 radical (unpaired) electrons. The van der Waals surface area contributed by atoms with Crippen molar-refractivity contribution in [1.29, 1.82) is 0 Å². The van der Waals surface area contributed by atoms with E-state index >= 15 is 0 Å². The molecule has 2 aromatic carbocycles. The second-order valence-corrected chi connectivity index (χ2v) is 8.32. The van der Waals surface area contributed by atoms with Gasteiger partial charge in [-0.05, 0) is 55.1 Å². The van der Waals surface area contributed by atoms with Crippen molar-refractivity contribution < 1.29 is 34.6 Å². The molecule has 0 aliphatic carbocycles. The van der Waals surface area contributed by atoms with Crippen molar-refractivity contribution in [2.75, 3.05) is 19.8 Å². The van der Waals surface area contributed by atoms with E-state index < -0.39 is 37.3 Å². The number of ether oxygens (including phenoxy) is 3. The summed E-state index contributed by atoms with van der Waals surface area (Å²) in [4.78, 5) is 0. The van der Waals surface area contributed by atoms with E-state index in [4.69, 9.17) is 19.9 Å². The normalized spacial score (nSPS) is 24.9. The number of benzene rings is 2. The van der Waals surface area contributed by atoms with Crippen LogP contribution in [-0.2, 0) is 17.6 Å². The number of aliphatic hydroxyl groups is 4. The molecule has 1 fully saturated rings. The maximum absolute atomic E-state index is 10.3. The van der Waals surface area contributed by atoms with Gasteiger partial charge < -0.3 is 40.4 Å². The lowest BCUT2D eigenvalue weighted by molar-refractivity contribution is -0.277. The minimum atomic E-state index is -1.53. The van der Waals surface area contributed by atoms with Gasteiger partial charge in [0, 0.05) is 0 Å². The van der Waals surface area contributed by atoms with E-state index in [1.165, 1.54) is 0 Å². The fourth-order valence-corrected chi connectivity index (χ4v) is 3.99. The van der Waals surface area contributed by atoms with Crippen molar-refractivity contribution in [3.8, 4) is 11.6 Å². The van der Waals surface area contributed by atoms with E-state index in [0.717, 1.165) is 40.6 Å². The predicted octanol–water partition coefficient (Wildman–Crippen LogP) is 0.254. The molecule has 1 saturated heterocycles. The lowest BCUT2D eigenvalue weighted by Crippen LogP contribution is -2.60. The number of fused-ring (bicyclic) bond motifs is 1. The van der Waals surface area contributed by atoms with Gasteiger partial charge in [-0.2, -0.15) is 0 Å². The predicted molar refractivity (Wildman–Crippen MR) is 124 cm³/mol. The van der Waals surface area contributed by atoms with E-state index in [9.17, 15) is 20.4 Å². The zero-order valence-corrected chi connectivity index (χ0v) is 18.7. The van der Waals surface area contributed by atoms with Crippen LogP contribution in [0.4, 0.5) is 0 Å². The first kappa shape index (κ1) is 24.4. The van der Waals surface area contributed by atoms with Crippen LogP contribution >= 0.6 is 0 Å². The van der Waals surface area contributed by atoms with E-state index in [1.54, 1.807) is 0 Å². The van der Waals surface area contributed by atoms with Gasteiger partial charge in [0.05, 0.1) is 24.1 Å². The molecule has 34 heavy (non-hydrogen) atoms. The molecule has 1 aromatic heterocycles. The van der Waals surface area contributed by atoms with Crippen molar-refractivity contribution >= 4 is 10.9 Å². The quantitative estimate of drug-likeness (QED) is 0.227. The Bertz CT molecular complexity index is 1060. The molecule has 1 aliphatic heterocycles. The highest BCUT2D eigenvalue weighted by Gasteiger charge is 2.45. The Kier molecular flexibility index (Phi) is 7.99. The summed E-state index contributed by atoms with van der Waals surface area (Å²) in [7, 11) is 0. The Morgan fingerprint density at radius 2 is 1.79 bits per heavy atom. The maximum Gasteiger partial charge on any atom is 0.243 e. The van der Waals surface area contributed by atoms with E-state index in [2.05, 4.69) is 10.2 Å². The van der Waals surface area contributed by atoms with Crippen LogP contribution in [0.15, 0.2) is 42.5 Å². The molecule has 0 bridgehead atoms. The first-order valence-electron chi connectivity index (χ1n) is 11.4. The Hall–Kier alpha value is -2.73. The Balaban J connectivity index is 1.47. The van der Waals surface area contributed by atoms with E-state index in [-0.39, 0.29) is 5.88 Å². The van der Waals surface area contributed by atoms with Gasteiger partial charge in [-0.25, -0.2) is 0 Å². The zero-order chi connectivity index (χ0) is 24.1. The number of aromatic nitrogens is 2. The molecule has 2 heterocycles. The smallest absolute Gasteiger partial charge is 0.243 e. The molecule has 5 atom stereocenters. The summed E-state index contributed by atoms with van der Waals surface area (Å²) in [5.74, 6) is 1.02. The van der Waals surface area contributed by atoms with Crippen molar-refractivity contribution in [3.05, 3.63) is 53.6 Å². The third kappa shape index (κ3) is 5.33. The molecule has 4 rings (SSSR count). The van der Waals surface area contributed by atoms with Crippen LogP contribution in [0.25, 0.3) is 10.9 Å². The molecular formula is C24H31N3O7. The number of nitrogens with zero attached hydrogens (tertiary/aromatic N) is 1. The fraction of sp³-hybridized carbons (Fsp3) is 0.458. The summed E-state index contributed by atoms with van der Waals surface area (Å²) in [6.45, 7) is 0.656. The monoisotopic (exact) mass is 473 g/mol. The van der Waals surface area contributed by atoms with Crippen LogP contribution in [0.1, 0.15) is 17.5 Å². The van der Waals surface area contributed by atoms with E-state index in [1.807, 2.05) is 42.5 Å². The number of hydrogen-bond acceptors (Lipinski definition) is 9. The first-order chi connectivity index (χ1) is 16.5. The third-order valence-electron chi connectivity index (χ3n) is 5.94. The molecule has 0 unspecified atom stereocenters. The molecule has 1 aliphatic rings. The largest absolute Gasteiger partial charge is 0.494 e. The highest BCUT2D eigenvalue weighted by atomic mass is 16.7. The summed E-state index contributed by atoms with van der Waals surface area (Å²) in [6.07, 6.45) is -4.57. The molecule has 184 valence electrons. The van der Waals surface area contributed by atoms with Crippen molar-refractivity contribution in [2.45, 2.75) is 50.0 Å². The summed E-state index contributed by atoms with van der Waals surface area (Å²) in [5.41, 5.74) is 8.36. The number of H-pyrrole nitrogens is 1. The Labute approximate surface area is 196 Å². The van der Waals surface area contributed by atoms with Gasteiger partial charge in [0.15, 0.2) is 0 Å². The fourth-order valence-electron chi connectivity index (χ4n) is 3.99. The van der Waals surface area contributed by atoms with E-state index in [0.29, 0.717) is 19.6 Å². The standard InChI is InChI=1S/C24H31N3O7/c25-11-2-12-32-16-9-6-14(7-10-16)5-8-15-3-1-4-17-19(15)23(27-26-17)34-24-22(31)21(30)20(29)18(13-28)33-24/h1,3-4,6-7,9-10,18,20-22,24,28-31H,2,5,8,11-13,25H2,(H,26,27)/t18-,20-,21+,22-,24+/m1/s1. The third-order valence-corrected chi connectivity index (χ3v) is 5.94. The van der Waals surface area contributed by atoms with Gasteiger partial charge in [0.25, 0.3) is 0 Å². The molecule has 10 nitrogen and oxygen atoms in total. The molecule has 3 aromatic rings. The summed E-state index contributed by atoms with van der Waals surface area (Å²) < 4.78 is 16.9. The summed E-state index contributed by atoms with van der Waals surface area (Å²) in [5, 5.41) is 47.6. The topological polar surface area (TPSA) is 163 Å². The molecule has 0 saturated carbocycles.